The lowest BCUT2D eigenvalue weighted by Crippen LogP contribution is -2.39. The molecular formula is C25H34ClN3O4S. The number of amides is 1. The van der Waals surface area contributed by atoms with Crippen LogP contribution in [0, 0.1) is 5.92 Å². The molecule has 0 spiro atoms. The third kappa shape index (κ3) is 7.89. The molecule has 1 aliphatic rings. The van der Waals surface area contributed by atoms with E-state index < -0.39 is 9.84 Å². The van der Waals surface area contributed by atoms with Gasteiger partial charge in [-0.1, -0.05) is 41.9 Å². The average molecular weight is 508 g/mol. The van der Waals surface area contributed by atoms with Crippen LogP contribution in [0.15, 0.2) is 42.5 Å². The van der Waals surface area contributed by atoms with Crippen molar-refractivity contribution in [2.75, 3.05) is 44.8 Å². The highest BCUT2D eigenvalue weighted by Crippen LogP contribution is 2.29. The summed E-state index contributed by atoms with van der Waals surface area (Å²) in [5.41, 5.74) is 7.38. The molecule has 0 aromatic heterocycles. The lowest BCUT2D eigenvalue weighted by Gasteiger charge is -2.32. The van der Waals surface area contributed by atoms with Gasteiger partial charge in [0.25, 0.3) is 5.91 Å². The van der Waals surface area contributed by atoms with Gasteiger partial charge in [0.05, 0.1) is 34.9 Å². The maximum atomic E-state index is 12.6. The van der Waals surface area contributed by atoms with Gasteiger partial charge in [-0.05, 0) is 62.9 Å². The number of nitrogen functional groups attached to an aromatic ring is 1. The van der Waals surface area contributed by atoms with E-state index in [-0.39, 0.29) is 17.4 Å². The van der Waals surface area contributed by atoms with E-state index in [0.717, 1.165) is 44.5 Å². The second-order valence-corrected chi connectivity index (χ2v) is 11.4. The van der Waals surface area contributed by atoms with Gasteiger partial charge in [-0.15, -0.1) is 0 Å². The van der Waals surface area contributed by atoms with E-state index in [4.69, 9.17) is 22.1 Å². The number of halogens is 1. The minimum absolute atomic E-state index is 0.111. The molecule has 0 unspecified atom stereocenters. The molecule has 1 saturated heterocycles. The predicted molar refractivity (Wildman–Crippen MR) is 137 cm³/mol. The van der Waals surface area contributed by atoms with Gasteiger partial charge < -0.3 is 20.7 Å². The number of sulfone groups is 1. The summed E-state index contributed by atoms with van der Waals surface area (Å²) >= 11 is 6.07. The zero-order chi connectivity index (χ0) is 24.6. The van der Waals surface area contributed by atoms with E-state index in [1.165, 1.54) is 13.2 Å². The topological polar surface area (TPSA) is 102 Å². The number of anilines is 1. The van der Waals surface area contributed by atoms with Gasteiger partial charge >= 0.3 is 0 Å². The summed E-state index contributed by atoms with van der Waals surface area (Å²) in [4.78, 5) is 15.0. The monoisotopic (exact) mass is 507 g/mol. The van der Waals surface area contributed by atoms with Gasteiger partial charge in [-0.2, -0.15) is 0 Å². The molecule has 0 saturated carbocycles. The lowest BCUT2D eigenvalue weighted by molar-refractivity contribution is 0.0933. The number of ether oxygens (including phenoxy) is 1. The molecule has 0 atom stereocenters. The molecule has 2 aromatic carbocycles. The number of likely N-dealkylation sites (tertiary alicyclic amines) is 1. The fraction of sp³-hybridized carbons (Fsp3) is 0.480. The first-order chi connectivity index (χ1) is 16.3. The van der Waals surface area contributed by atoms with E-state index >= 15 is 0 Å². The molecule has 0 bridgehead atoms. The minimum Gasteiger partial charge on any atom is -0.496 e. The first kappa shape index (κ1) is 26.3. The predicted octanol–water partition coefficient (Wildman–Crippen LogP) is 3.77. The Morgan fingerprint density at radius 3 is 2.56 bits per heavy atom. The van der Waals surface area contributed by atoms with Crippen LogP contribution in [0.3, 0.4) is 0 Å². The van der Waals surface area contributed by atoms with Crippen LogP contribution in [0.2, 0.25) is 5.02 Å². The van der Waals surface area contributed by atoms with Crippen molar-refractivity contribution >= 4 is 33.0 Å². The van der Waals surface area contributed by atoms with Crippen molar-refractivity contribution in [1.29, 1.82) is 0 Å². The van der Waals surface area contributed by atoms with Crippen molar-refractivity contribution in [2.45, 2.75) is 31.4 Å². The summed E-state index contributed by atoms with van der Waals surface area (Å²) in [6.45, 7) is 3.40. The third-order valence-electron chi connectivity index (χ3n) is 6.23. The molecule has 1 heterocycles. The number of rotatable bonds is 11. The van der Waals surface area contributed by atoms with Crippen LogP contribution in [0.5, 0.6) is 5.75 Å². The summed E-state index contributed by atoms with van der Waals surface area (Å²) < 4.78 is 29.9. The molecular weight excluding hydrogens is 474 g/mol. The largest absolute Gasteiger partial charge is 0.496 e. The molecule has 0 radical (unpaired) electrons. The highest BCUT2D eigenvalue weighted by Gasteiger charge is 2.21. The Morgan fingerprint density at radius 1 is 1.18 bits per heavy atom. The van der Waals surface area contributed by atoms with E-state index in [1.807, 2.05) is 30.3 Å². The van der Waals surface area contributed by atoms with Gasteiger partial charge in [0.2, 0.25) is 0 Å². The van der Waals surface area contributed by atoms with E-state index in [1.54, 1.807) is 6.07 Å². The van der Waals surface area contributed by atoms with E-state index in [2.05, 4.69) is 10.2 Å². The maximum Gasteiger partial charge on any atom is 0.255 e. The Labute approximate surface area is 207 Å². The number of benzene rings is 2. The molecule has 9 heteroatoms. The van der Waals surface area contributed by atoms with Gasteiger partial charge in [0.15, 0.2) is 9.84 Å². The fourth-order valence-electron chi connectivity index (χ4n) is 4.22. The van der Waals surface area contributed by atoms with Crippen molar-refractivity contribution in [3.63, 3.8) is 0 Å². The third-order valence-corrected chi connectivity index (χ3v) is 8.24. The standard InChI is InChI=1S/C25H34ClN3O4S/c1-33-24-16-23(27)22(26)15-21(24)25(30)28-17-19-9-12-29(13-10-19)11-5-6-14-34(31,32)18-20-7-3-2-4-8-20/h2-4,7-8,15-16,19H,5-6,9-14,17-18,27H2,1H3,(H,28,30). The van der Waals surface area contributed by atoms with Crippen molar-refractivity contribution in [1.82, 2.24) is 10.2 Å². The summed E-state index contributed by atoms with van der Waals surface area (Å²) in [5, 5.41) is 3.32. The summed E-state index contributed by atoms with van der Waals surface area (Å²) in [6.07, 6.45) is 3.53. The average Bonchev–Trinajstić information content (AvgIpc) is 2.83. The van der Waals surface area contributed by atoms with Crippen molar-refractivity contribution in [3.05, 3.63) is 58.6 Å². The number of nitrogens with two attached hydrogens (primary N) is 1. The Balaban J connectivity index is 1.34. The van der Waals surface area contributed by atoms with Gasteiger partial charge in [0.1, 0.15) is 5.75 Å². The van der Waals surface area contributed by atoms with Crippen LogP contribution >= 0.6 is 11.6 Å². The maximum absolute atomic E-state index is 12.6. The van der Waals surface area contributed by atoms with Crippen LogP contribution in [0.1, 0.15) is 41.6 Å². The summed E-state index contributed by atoms with van der Waals surface area (Å²) in [6, 6.07) is 12.4. The number of methoxy groups -OCH3 is 1. The van der Waals surface area contributed by atoms with Crippen LogP contribution in [-0.4, -0.2) is 58.3 Å². The van der Waals surface area contributed by atoms with Gasteiger partial charge in [-0.25, -0.2) is 8.42 Å². The number of nitrogens with one attached hydrogen (secondary N) is 1. The molecule has 3 rings (SSSR count). The number of hydrogen-bond acceptors (Lipinski definition) is 6. The first-order valence-electron chi connectivity index (χ1n) is 11.7. The first-order valence-corrected chi connectivity index (χ1v) is 13.9. The molecule has 1 amide bonds. The Hall–Kier alpha value is -2.29. The number of unbranched alkanes of at least 4 members (excludes halogenated alkanes) is 1. The van der Waals surface area contributed by atoms with Gasteiger partial charge in [-0.3, -0.25) is 4.79 Å². The fourth-order valence-corrected chi connectivity index (χ4v) is 5.87. The SMILES string of the molecule is COc1cc(N)c(Cl)cc1C(=O)NCC1CCN(CCCCS(=O)(=O)Cc2ccccc2)CC1. The normalized spacial score (nSPS) is 15.2. The van der Waals surface area contributed by atoms with Crippen molar-refractivity contribution in [3.8, 4) is 5.75 Å². The molecule has 1 fully saturated rings. The quantitative estimate of drug-likeness (QED) is 0.354. The van der Waals surface area contributed by atoms with Crippen LogP contribution in [-0.2, 0) is 15.6 Å². The van der Waals surface area contributed by atoms with Crippen LogP contribution in [0.25, 0.3) is 0 Å². The summed E-state index contributed by atoms with van der Waals surface area (Å²) in [5.74, 6) is 0.919. The molecule has 0 aliphatic carbocycles. The molecule has 1 aliphatic heterocycles. The van der Waals surface area contributed by atoms with Crippen LogP contribution < -0.4 is 15.8 Å². The van der Waals surface area contributed by atoms with E-state index in [9.17, 15) is 13.2 Å². The Morgan fingerprint density at radius 2 is 1.88 bits per heavy atom. The minimum atomic E-state index is -3.08. The molecule has 2 aromatic rings. The lowest BCUT2D eigenvalue weighted by atomic mass is 9.96. The van der Waals surface area contributed by atoms with Crippen LogP contribution in [0.4, 0.5) is 5.69 Å². The Bertz CT molecular complexity index is 1060. The number of nitrogens with zero attached hydrogens (tertiary/aromatic N) is 1. The second-order valence-electron chi connectivity index (χ2n) is 8.85. The van der Waals surface area contributed by atoms with Gasteiger partial charge in [0, 0.05) is 12.6 Å². The highest BCUT2D eigenvalue weighted by atomic mass is 35.5. The summed E-state index contributed by atoms with van der Waals surface area (Å²) in [7, 11) is -1.58. The highest BCUT2D eigenvalue weighted by molar-refractivity contribution is 7.90. The number of piperidine rings is 1. The molecule has 34 heavy (non-hydrogen) atoms. The zero-order valence-corrected chi connectivity index (χ0v) is 21.2. The molecule has 3 N–H and O–H groups in total. The second kappa shape index (κ2) is 12.4. The van der Waals surface area contributed by atoms with Crippen molar-refractivity contribution < 1.29 is 17.9 Å². The molecule has 186 valence electrons. The Kier molecular flexibility index (Phi) is 9.62. The van der Waals surface area contributed by atoms with E-state index in [0.29, 0.717) is 40.9 Å². The van der Waals surface area contributed by atoms with Crippen molar-refractivity contribution in [2.24, 2.45) is 5.92 Å². The zero-order valence-electron chi connectivity index (χ0n) is 19.6. The number of hydrogen-bond donors (Lipinski definition) is 2. The number of carbonyl (C=O) groups is 1. The number of carbonyl (C=O) groups excluding carboxylic acids is 1. The smallest absolute Gasteiger partial charge is 0.255 e. The molecule has 7 nitrogen and oxygen atoms in total.